The van der Waals surface area contributed by atoms with Crippen LogP contribution >= 0.6 is 0 Å². The lowest BCUT2D eigenvalue weighted by Gasteiger charge is -2.49. The van der Waals surface area contributed by atoms with Crippen molar-refractivity contribution in [1.29, 1.82) is 0 Å². The number of hydrogen-bond donors (Lipinski definition) is 0. The lowest BCUT2D eigenvalue weighted by molar-refractivity contribution is -0.203. The number of rotatable bonds is 0. The van der Waals surface area contributed by atoms with Gasteiger partial charge in [-0.1, -0.05) is 12.2 Å². The predicted octanol–water partition coefficient (Wildman–Crippen LogP) is 2.00. The van der Waals surface area contributed by atoms with Crippen LogP contribution in [0.25, 0.3) is 0 Å². The number of hydrogen-bond acceptors (Lipinski definition) is 3. The monoisotopic (exact) mass is 246 g/mol. The Hall–Kier alpha value is -0.670. The normalized spacial score (nSPS) is 70.4. The van der Waals surface area contributed by atoms with E-state index in [4.69, 9.17) is 9.47 Å². The van der Waals surface area contributed by atoms with E-state index in [1.165, 1.54) is 0 Å². The van der Waals surface area contributed by atoms with Crippen molar-refractivity contribution in [2.45, 2.75) is 62.9 Å². The Bertz CT molecular complexity index is 554. The molecule has 0 unspecified atom stereocenters. The molecule has 3 heteroatoms. The third kappa shape index (κ3) is 0.540. The highest BCUT2D eigenvalue weighted by atomic mass is 16.6. The van der Waals surface area contributed by atoms with Gasteiger partial charge in [0, 0.05) is 0 Å². The van der Waals surface area contributed by atoms with Crippen molar-refractivity contribution in [2.24, 2.45) is 10.8 Å². The summed E-state index contributed by atoms with van der Waals surface area (Å²) >= 11 is 0. The van der Waals surface area contributed by atoms with Crippen LogP contribution in [0.15, 0.2) is 12.2 Å². The van der Waals surface area contributed by atoms with Crippen LogP contribution < -0.4 is 0 Å². The summed E-state index contributed by atoms with van der Waals surface area (Å²) in [6, 6.07) is 0. The van der Waals surface area contributed by atoms with E-state index in [0.717, 1.165) is 19.3 Å². The molecule has 4 bridgehead atoms. The fourth-order valence-corrected chi connectivity index (χ4v) is 5.99. The van der Waals surface area contributed by atoms with E-state index < -0.39 is 10.8 Å². The zero-order valence-electron chi connectivity index (χ0n) is 11.1. The molecule has 0 aromatic rings. The van der Waals surface area contributed by atoms with Gasteiger partial charge in [-0.15, -0.1) is 0 Å². The second kappa shape index (κ2) is 2.14. The molecule has 0 N–H and O–H groups in total. The first-order valence-corrected chi connectivity index (χ1v) is 7.00. The molecule has 3 heterocycles. The van der Waals surface area contributed by atoms with Gasteiger partial charge in [0.2, 0.25) is 0 Å². The van der Waals surface area contributed by atoms with Crippen molar-refractivity contribution >= 4 is 5.78 Å². The largest absolute Gasteiger partial charge is 0.361 e. The van der Waals surface area contributed by atoms with Crippen LogP contribution in [-0.4, -0.2) is 28.7 Å². The third-order valence-corrected chi connectivity index (χ3v) is 7.21. The zero-order chi connectivity index (χ0) is 12.6. The maximum absolute atomic E-state index is 13.2. The first-order chi connectivity index (χ1) is 8.38. The summed E-state index contributed by atoms with van der Waals surface area (Å²) in [6.45, 7) is 6.31. The lowest BCUT2D eigenvalue weighted by atomic mass is 9.64. The molecule has 3 nitrogen and oxygen atoms in total. The second-order valence-electron chi connectivity index (χ2n) is 7.25. The van der Waals surface area contributed by atoms with Crippen LogP contribution in [0.2, 0.25) is 0 Å². The maximum Gasteiger partial charge on any atom is 0.157 e. The smallest absolute Gasteiger partial charge is 0.157 e. The van der Waals surface area contributed by atoms with Crippen LogP contribution in [0, 0.1) is 10.8 Å². The van der Waals surface area contributed by atoms with Gasteiger partial charge in [-0.05, 0) is 40.0 Å². The molecule has 0 aromatic carbocycles. The van der Waals surface area contributed by atoms with Crippen LogP contribution in [0.3, 0.4) is 0 Å². The van der Waals surface area contributed by atoms with Gasteiger partial charge in [-0.2, -0.15) is 0 Å². The lowest BCUT2D eigenvalue weighted by Crippen LogP contribution is -2.62. The second-order valence-corrected chi connectivity index (χ2v) is 7.25. The molecular formula is C15H18O3. The summed E-state index contributed by atoms with van der Waals surface area (Å²) in [6.07, 6.45) is 7.17. The fourth-order valence-electron chi connectivity index (χ4n) is 5.99. The molecule has 5 rings (SSSR count). The van der Waals surface area contributed by atoms with E-state index in [9.17, 15) is 4.79 Å². The minimum absolute atomic E-state index is 0.0921. The van der Waals surface area contributed by atoms with Crippen molar-refractivity contribution in [2.75, 3.05) is 0 Å². The van der Waals surface area contributed by atoms with Gasteiger partial charge >= 0.3 is 0 Å². The number of ether oxygens (including phenoxy) is 2. The van der Waals surface area contributed by atoms with Crippen molar-refractivity contribution in [1.82, 2.24) is 0 Å². The highest BCUT2D eigenvalue weighted by Gasteiger charge is 2.97. The summed E-state index contributed by atoms with van der Waals surface area (Å²) in [4.78, 5) is 13.2. The van der Waals surface area contributed by atoms with E-state index in [0.29, 0.717) is 5.78 Å². The Kier molecular flexibility index (Phi) is 1.21. The van der Waals surface area contributed by atoms with Crippen molar-refractivity contribution in [3.05, 3.63) is 12.2 Å². The first kappa shape index (κ1) is 10.2. The number of ketones is 1. The summed E-state index contributed by atoms with van der Waals surface area (Å²) in [5.74, 6) is 0.407. The molecule has 2 spiro atoms. The molecule has 3 aliphatic heterocycles. The predicted molar refractivity (Wildman–Crippen MR) is 64.0 cm³/mol. The number of carbonyl (C=O) groups is 1. The van der Waals surface area contributed by atoms with Crippen LogP contribution in [-0.2, 0) is 14.3 Å². The molecule has 5 aliphatic rings. The Morgan fingerprint density at radius 1 is 1.22 bits per heavy atom. The molecule has 96 valence electrons. The van der Waals surface area contributed by atoms with Gasteiger partial charge < -0.3 is 9.47 Å². The van der Waals surface area contributed by atoms with Gasteiger partial charge in [0.05, 0.1) is 16.9 Å². The number of fused-ring (bicyclic) bond motifs is 5. The average Bonchev–Trinajstić information content (AvgIpc) is 2.73. The van der Waals surface area contributed by atoms with Gasteiger partial charge in [0.1, 0.15) is 16.8 Å². The van der Waals surface area contributed by atoms with Gasteiger partial charge in [-0.3, -0.25) is 4.79 Å². The maximum atomic E-state index is 13.2. The molecule has 2 saturated heterocycles. The summed E-state index contributed by atoms with van der Waals surface area (Å²) in [5, 5.41) is 0. The molecule has 2 aliphatic carbocycles. The molecular weight excluding hydrogens is 228 g/mol. The molecule has 18 heavy (non-hydrogen) atoms. The molecule has 6 atom stereocenters. The van der Waals surface area contributed by atoms with Crippen LogP contribution in [0.1, 0.15) is 40.0 Å². The highest BCUT2D eigenvalue weighted by Crippen LogP contribution is 2.83. The van der Waals surface area contributed by atoms with E-state index in [2.05, 4.69) is 32.9 Å². The van der Waals surface area contributed by atoms with E-state index in [1.54, 1.807) is 0 Å². The van der Waals surface area contributed by atoms with Gasteiger partial charge in [0.15, 0.2) is 5.78 Å². The van der Waals surface area contributed by atoms with E-state index in [-0.39, 0.29) is 22.9 Å². The quantitative estimate of drug-likeness (QED) is 0.485. The number of carbonyl (C=O) groups excluding carboxylic acids is 1. The molecule has 2 saturated carbocycles. The third-order valence-electron chi connectivity index (χ3n) is 7.21. The minimum atomic E-state index is -0.497. The molecule has 0 amide bonds. The summed E-state index contributed by atoms with van der Waals surface area (Å²) in [7, 11) is 0. The molecule has 0 aromatic heterocycles. The topological polar surface area (TPSA) is 38.8 Å². The van der Waals surface area contributed by atoms with Crippen LogP contribution in [0.4, 0.5) is 0 Å². The van der Waals surface area contributed by atoms with E-state index >= 15 is 0 Å². The summed E-state index contributed by atoms with van der Waals surface area (Å²) < 4.78 is 12.6. The zero-order valence-corrected chi connectivity index (χ0v) is 11.1. The highest BCUT2D eigenvalue weighted by molar-refractivity contribution is 6.02. The Balaban J connectivity index is 1.92. The fraction of sp³-hybridized carbons (Fsp3) is 0.800. The molecule has 0 radical (unpaired) electrons. The molecule has 4 fully saturated rings. The minimum Gasteiger partial charge on any atom is -0.361 e. The van der Waals surface area contributed by atoms with Gasteiger partial charge in [0.25, 0.3) is 0 Å². The standard InChI is InChI=1S/C15H18O3/c1-11-9-5-8-14(17-9)6-4-7-15(14,10(11)16)13(3)12(11,2)18-13/h5,8-9H,4,6-7H2,1-3H3/t9-,11-,12-,13-,14+,15-/m0/s1. The average molecular weight is 246 g/mol. The van der Waals surface area contributed by atoms with Gasteiger partial charge in [-0.25, -0.2) is 0 Å². The van der Waals surface area contributed by atoms with Crippen molar-refractivity contribution in [3.63, 3.8) is 0 Å². The van der Waals surface area contributed by atoms with Crippen molar-refractivity contribution < 1.29 is 14.3 Å². The number of Topliss-reactive ketones (excluding diaryl/α,β-unsaturated/α-hetero) is 1. The van der Waals surface area contributed by atoms with Crippen LogP contribution in [0.5, 0.6) is 0 Å². The summed E-state index contributed by atoms with van der Waals surface area (Å²) in [5.41, 5.74) is -1.94. The van der Waals surface area contributed by atoms with E-state index in [1.807, 2.05) is 0 Å². The van der Waals surface area contributed by atoms with Crippen molar-refractivity contribution in [3.8, 4) is 0 Å². The Morgan fingerprint density at radius 2 is 2.00 bits per heavy atom. The number of epoxide rings is 1. The Morgan fingerprint density at radius 3 is 2.78 bits per heavy atom. The Labute approximate surface area is 107 Å². The SMILES string of the molecule is C[C@]12O[C@@]1(C)[C@]1(C)C(=O)[C@@]23CCC[C@@]32C=C[C@@H]1O2. The first-order valence-electron chi connectivity index (χ1n) is 7.00.